The molecule has 0 fully saturated rings. The summed E-state index contributed by atoms with van der Waals surface area (Å²) in [4.78, 5) is 12.5. The zero-order valence-electron chi connectivity index (χ0n) is 12.9. The summed E-state index contributed by atoms with van der Waals surface area (Å²) in [6, 6.07) is 11.5. The number of hydrogen-bond donors (Lipinski definition) is 2. The average molecular weight is 296 g/mol. The highest BCUT2D eigenvalue weighted by Gasteiger charge is 2.15. The summed E-state index contributed by atoms with van der Waals surface area (Å²) in [5.41, 5.74) is 4.80. The highest BCUT2D eigenvalue weighted by molar-refractivity contribution is 6.05. The summed E-state index contributed by atoms with van der Waals surface area (Å²) in [6.07, 6.45) is 2.06. The largest absolute Gasteiger partial charge is 0.496 e. The first-order valence-electron chi connectivity index (χ1n) is 7.51. The normalized spacial score (nSPS) is 13.0. The van der Waals surface area contributed by atoms with Gasteiger partial charge in [-0.3, -0.25) is 4.79 Å². The molecule has 1 aliphatic rings. The summed E-state index contributed by atoms with van der Waals surface area (Å²) in [5, 5.41) is 6.39. The van der Waals surface area contributed by atoms with E-state index in [1.807, 2.05) is 31.2 Å². The standard InChI is InChI=1S/C18H20N2O2/c1-12-8-9-13(11-17(12)22-2)18(21)20-16-7-3-6-15-14(16)5-4-10-19-15/h3,6-9,11,19H,4-5,10H2,1-2H3,(H,20,21). The summed E-state index contributed by atoms with van der Waals surface area (Å²) in [5.74, 6) is 0.613. The smallest absolute Gasteiger partial charge is 0.255 e. The quantitative estimate of drug-likeness (QED) is 0.909. The Morgan fingerprint density at radius 2 is 2.14 bits per heavy atom. The van der Waals surface area contributed by atoms with Crippen LogP contribution in [-0.2, 0) is 6.42 Å². The summed E-state index contributed by atoms with van der Waals surface area (Å²) in [6.45, 7) is 2.94. The molecule has 3 rings (SSSR count). The molecule has 0 bridgehead atoms. The minimum atomic E-state index is -0.114. The summed E-state index contributed by atoms with van der Waals surface area (Å²) < 4.78 is 5.29. The van der Waals surface area contributed by atoms with Crippen LogP contribution in [0.2, 0.25) is 0 Å². The van der Waals surface area contributed by atoms with Gasteiger partial charge in [-0.15, -0.1) is 0 Å². The lowest BCUT2D eigenvalue weighted by Gasteiger charge is -2.21. The number of benzene rings is 2. The van der Waals surface area contributed by atoms with Gasteiger partial charge in [0.1, 0.15) is 5.75 Å². The molecule has 1 aliphatic heterocycles. The van der Waals surface area contributed by atoms with Crippen molar-refractivity contribution in [2.45, 2.75) is 19.8 Å². The molecule has 0 atom stereocenters. The maximum atomic E-state index is 12.5. The van der Waals surface area contributed by atoms with Crippen LogP contribution in [0.4, 0.5) is 11.4 Å². The minimum absolute atomic E-state index is 0.114. The number of carbonyl (C=O) groups is 1. The maximum absolute atomic E-state index is 12.5. The molecule has 2 N–H and O–H groups in total. The Labute approximate surface area is 130 Å². The topological polar surface area (TPSA) is 50.4 Å². The second kappa shape index (κ2) is 6.10. The van der Waals surface area contributed by atoms with Crippen LogP contribution in [-0.4, -0.2) is 19.6 Å². The Hall–Kier alpha value is -2.49. The van der Waals surface area contributed by atoms with E-state index in [1.54, 1.807) is 13.2 Å². The van der Waals surface area contributed by atoms with Crippen molar-refractivity contribution in [2.24, 2.45) is 0 Å². The van der Waals surface area contributed by atoms with Gasteiger partial charge in [-0.25, -0.2) is 0 Å². The van der Waals surface area contributed by atoms with Crippen LogP contribution in [0.3, 0.4) is 0 Å². The maximum Gasteiger partial charge on any atom is 0.255 e. The van der Waals surface area contributed by atoms with E-state index in [9.17, 15) is 4.79 Å². The molecule has 0 unspecified atom stereocenters. The van der Waals surface area contributed by atoms with Crippen molar-refractivity contribution in [3.63, 3.8) is 0 Å². The van der Waals surface area contributed by atoms with Crippen molar-refractivity contribution in [3.05, 3.63) is 53.1 Å². The molecule has 1 amide bonds. The fraction of sp³-hybridized carbons (Fsp3) is 0.278. The molecule has 0 saturated heterocycles. The molecule has 22 heavy (non-hydrogen) atoms. The van der Waals surface area contributed by atoms with Crippen molar-refractivity contribution in [2.75, 3.05) is 24.3 Å². The van der Waals surface area contributed by atoms with E-state index >= 15 is 0 Å². The lowest BCUT2D eigenvalue weighted by molar-refractivity contribution is 0.102. The van der Waals surface area contributed by atoms with E-state index in [1.165, 1.54) is 5.56 Å². The molecule has 2 aromatic rings. The van der Waals surface area contributed by atoms with Gasteiger partial charge in [0.2, 0.25) is 0 Å². The Bertz CT molecular complexity index is 710. The number of anilines is 2. The summed E-state index contributed by atoms with van der Waals surface area (Å²) in [7, 11) is 1.61. The number of carbonyl (C=O) groups excluding carboxylic acids is 1. The third-order valence-corrected chi connectivity index (χ3v) is 4.01. The summed E-state index contributed by atoms with van der Waals surface area (Å²) >= 11 is 0. The van der Waals surface area contributed by atoms with Crippen molar-refractivity contribution in [1.29, 1.82) is 0 Å². The van der Waals surface area contributed by atoms with Gasteiger partial charge in [0.15, 0.2) is 0 Å². The van der Waals surface area contributed by atoms with E-state index in [0.29, 0.717) is 5.56 Å². The highest BCUT2D eigenvalue weighted by atomic mass is 16.5. The van der Waals surface area contributed by atoms with Crippen molar-refractivity contribution >= 4 is 17.3 Å². The first-order valence-corrected chi connectivity index (χ1v) is 7.51. The molecule has 0 spiro atoms. The number of rotatable bonds is 3. The number of hydrogen-bond acceptors (Lipinski definition) is 3. The molecule has 114 valence electrons. The number of amides is 1. The number of aryl methyl sites for hydroxylation is 1. The molecule has 0 aliphatic carbocycles. The van der Waals surface area contributed by atoms with E-state index in [4.69, 9.17) is 4.74 Å². The number of methoxy groups -OCH3 is 1. The lowest BCUT2D eigenvalue weighted by Crippen LogP contribution is -2.17. The monoisotopic (exact) mass is 296 g/mol. The van der Waals surface area contributed by atoms with Crippen LogP contribution in [0.5, 0.6) is 5.75 Å². The second-order valence-corrected chi connectivity index (χ2v) is 5.50. The molecular weight excluding hydrogens is 276 g/mol. The highest BCUT2D eigenvalue weighted by Crippen LogP contribution is 2.29. The van der Waals surface area contributed by atoms with Gasteiger partial charge >= 0.3 is 0 Å². The van der Waals surface area contributed by atoms with Gasteiger partial charge in [0.05, 0.1) is 7.11 Å². The van der Waals surface area contributed by atoms with Crippen molar-refractivity contribution in [1.82, 2.24) is 0 Å². The van der Waals surface area contributed by atoms with Gasteiger partial charge in [0.25, 0.3) is 5.91 Å². The average Bonchev–Trinajstić information content (AvgIpc) is 2.55. The van der Waals surface area contributed by atoms with Crippen LogP contribution in [0.15, 0.2) is 36.4 Å². The van der Waals surface area contributed by atoms with Gasteiger partial charge in [-0.1, -0.05) is 12.1 Å². The molecule has 0 saturated carbocycles. The third kappa shape index (κ3) is 2.77. The molecular formula is C18H20N2O2. The van der Waals surface area contributed by atoms with Gasteiger partial charge in [-0.2, -0.15) is 0 Å². The first kappa shape index (κ1) is 14.4. The van der Waals surface area contributed by atoms with Crippen LogP contribution in [0.1, 0.15) is 27.9 Å². The van der Waals surface area contributed by atoms with E-state index < -0.39 is 0 Å². The Balaban J connectivity index is 1.86. The van der Waals surface area contributed by atoms with E-state index in [-0.39, 0.29) is 5.91 Å². The second-order valence-electron chi connectivity index (χ2n) is 5.50. The molecule has 1 heterocycles. The molecule has 0 radical (unpaired) electrons. The van der Waals surface area contributed by atoms with E-state index in [2.05, 4.69) is 16.7 Å². The van der Waals surface area contributed by atoms with Crippen LogP contribution >= 0.6 is 0 Å². The SMILES string of the molecule is COc1cc(C(=O)Nc2cccc3c2CCCN3)ccc1C. The molecule has 4 nitrogen and oxygen atoms in total. The van der Waals surface area contributed by atoms with Crippen molar-refractivity contribution < 1.29 is 9.53 Å². The molecule has 4 heteroatoms. The van der Waals surface area contributed by atoms with E-state index in [0.717, 1.165) is 42.1 Å². The number of fused-ring (bicyclic) bond motifs is 1. The van der Waals surface area contributed by atoms with Gasteiger partial charge < -0.3 is 15.4 Å². The number of nitrogens with one attached hydrogen (secondary N) is 2. The fourth-order valence-electron chi connectivity index (χ4n) is 2.78. The fourth-order valence-corrected chi connectivity index (χ4v) is 2.78. The molecule has 0 aromatic heterocycles. The molecule has 2 aromatic carbocycles. The zero-order chi connectivity index (χ0) is 15.5. The zero-order valence-corrected chi connectivity index (χ0v) is 12.9. The minimum Gasteiger partial charge on any atom is -0.496 e. The Kier molecular flexibility index (Phi) is 4.00. The lowest BCUT2D eigenvalue weighted by atomic mass is 10.0. The van der Waals surface area contributed by atoms with Gasteiger partial charge in [-0.05, 0) is 55.2 Å². The first-order chi connectivity index (χ1) is 10.7. The predicted molar refractivity (Wildman–Crippen MR) is 88.9 cm³/mol. The van der Waals surface area contributed by atoms with Crippen molar-refractivity contribution in [3.8, 4) is 5.75 Å². The number of ether oxygens (including phenoxy) is 1. The van der Waals surface area contributed by atoms with Crippen LogP contribution in [0, 0.1) is 6.92 Å². The predicted octanol–water partition coefficient (Wildman–Crippen LogP) is 3.61. The van der Waals surface area contributed by atoms with Crippen LogP contribution < -0.4 is 15.4 Å². The Morgan fingerprint density at radius 1 is 1.27 bits per heavy atom. The van der Waals surface area contributed by atoms with Crippen LogP contribution in [0.25, 0.3) is 0 Å². The third-order valence-electron chi connectivity index (χ3n) is 4.01. The van der Waals surface area contributed by atoms with Gasteiger partial charge in [0, 0.05) is 23.5 Å². The Morgan fingerprint density at radius 3 is 2.95 bits per heavy atom.